The molecule has 2 rings (SSSR count). The maximum absolute atomic E-state index is 6.07. The fourth-order valence-electron chi connectivity index (χ4n) is 1.71. The molecule has 0 radical (unpaired) electrons. The van der Waals surface area contributed by atoms with Crippen molar-refractivity contribution in [3.8, 4) is 11.5 Å². The van der Waals surface area contributed by atoms with E-state index in [-0.39, 0.29) is 0 Å². The summed E-state index contributed by atoms with van der Waals surface area (Å²) < 4.78 is 5.77. The van der Waals surface area contributed by atoms with E-state index in [2.05, 4.69) is 6.92 Å². The summed E-state index contributed by atoms with van der Waals surface area (Å²) in [5, 5.41) is 0.763. The molecular formula is C15H14ClNOS. The average Bonchev–Trinajstić information content (AvgIpc) is 2.41. The fourth-order valence-corrected chi connectivity index (χ4v) is 2.10. The molecule has 0 aromatic heterocycles. The summed E-state index contributed by atoms with van der Waals surface area (Å²) in [4.78, 5) is 0.381. The quantitative estimate of drug-likeness (QED) is 0.852. The first-order valence-electron chi connectivity index (χ1n) is 5.96. The van der Waals surface area contributed by atoms with Crippen molar-refractivity contribution in [1.82, 2.24) is 0 Å². The van der Waals surface area contributed by atoms with Crippen molar-refractivity contribution >= 4 is 28.8 Å². The van der Waals surface area contributed by atoms with Crippen LogP contribution in [-0.2, 0) is 6.42 Å². The first-order valence-corrected chi connectivity index (χ1v) is 6.75. The van der Waals surface area contributed by atoms with Crippen LogP contribution in [0.2, 0.25) is 5.02 Å². The van der Waals surface area contributed by atoms with E-state index in [1.54, 1.807) is 0 Å². The molecule has 2 N–H and O–H groups in total. The Morgan fingerprint density at radius 3 is 2.37 bits per heavy atom. The molecule has 0 saturated carbocycles. The maximum Gasteiger partial charge on any atom is 0.127 e. The Labute approximate surface area is 123 Å². The predicted octanol–water partition coefficient (Wildman–Crippen LogP) is 4.33. The Bertz CT molecular complexity index is 596. The number of hydrogen-bond donors (Lipinski definition) is 1. The van der Waals surface area contributed by atoms with Crippen LogP contribution in [-0.4, -0.2) is 4.99 Å². The molecule has 2 aromatic carbocycles. The van der Waals surface area contributed by atoms with Crippen LogP contribution in [0.5, 0.6) is 11.5 Å². The average molecular weight is 292 g/mol. The topological polar surface area (TPSA) is 35.2 Å². The predicted molar refractivity (Wildman–Crippen MR) is 83.2 cm³/mol. The Morgan fingerprint density at radius 1 is 1.16 bits per heavy atom. The van der Waals surface area contributed by atoms with Gasteiger partial charge in [-0.1, -0.05) is 30.7 Å². The van der Waals surface area contributed by atoms with Gasteiger partial charge in [-0.25, -0.2) is 0 Å². The number of thiocarbonyl (C=S) groups is 1. The van der Waals surface area contributed by atoms with Crippen molar-refractivity contribution in [3.63, 3.8) is 0 Å². The third-order valence-corrected chi connectivity index (χ3v) is 3.38. The first kappa shape index (κ1) is 13.8. The number of halogens is 1. The van der Waals surface area contributed by atoms with Crippen molar-refractivity contribution in [2.24, 2.45) is 5.73 Å². The van der Waals surface area contributed by atoms with Crippen molar-refractivity contribution in [1.29, 1.82) is 0 Å². The molecule has 0 amide bonds. The van der Waals surface area contributed by atoms with Gasteiger partial charge < -0.3 is 10.5 Å². The summed E-state index contributed by atoms with van der Waals surface area (Å²) in [6.07, 6.45) is 0.871. The lowest BCUT2D eigenvalue weighted by atomic mass is 10.1. The van der Waals surface area contributed by atoms with Crippen LogP contribution in [0.3, 0.4) is 0 Å². The van der Waals surface area contributed by atoms with Gasteiger partial charge in [0.25, 0.3) is 0 Å². The lowest BCUT2D eigenvalue weighted by Gasteiger charge is -2.09. The van der Waals surface area contributed by atoms with Gasteiger partial charge >= 0.3 is 0 Å². The molecule has 0 unspecified atom stereocenters. The van der Waals surface area contributed by atoms with Gasteiger partial charge in [0.2, 0.25) is 0 Å². The van der Waals surface area contributed by atoms with Gasteiger partial charge in [-0.05, 0) is 54.4 Å². The van der Waals surface area contributed by atoms with E-state index < -0.39 is 0 Å². The van der Waals surface area contributed by atoms with Crippen LogP contribution in [0.25, 0.3) is 0 Å². The molecule has 98 valence electrons. The third-order valence-electron chi connectivity index (χ3n) is 2.77. The number of benzene rings is 2. The van der Waals surface area contributed by atoms with E-state index in [1.807, 2.05) is 42.5 Å². The molecule has 0 spiro atoms. The number of nitrogens with two attached hydrogens (primary N) is 1. The number of ether oxygens (including phenoxy) is 1. The highest BCUT2D eigenvalue weighted by molar-refractivity contribution is 7.80. The zero-order chi connectivity index (χ0) is 13.8. The van der Waals surface area contributed by atoms with Gasteiger partial charge in [-0.15, -0.1) is 0 Å². The third kappa shape index (κ3) is 3.46. The lowest BCUT2D eigenvalue weighted by Crippen LogP contribution is -2.08. The van der Waals surface area contributed by atoms with Crippen molar-refractivity contribution < 1.29 is 4.74 Å². The SMILES string of the molecule is CCc1cc(Oc2ccc(C(N)=S)cc2)ccc1Cl. The van der Waals surface area contributed by atoms with Crippen LogP contribution in [0.15, 0.2) is 42.5 Å². The Kier molecular flexibility index (Phi) is 4.40. The molecule has 2 nitrogen and oxygen atoms in total. The summed E-state index contributed by atoms with van der Waals surface area (Å²) in [5.41, 5.74) is 7.44. The monoisotopic (exact) mass is 291 g/mol. The molecular weight excluding hydrogens is 278 g/mol. The van der Waals surface area contributed by atoms with Gasteiger partial charge in [-0.3, -0.25) is 0 Å². The largest absolute Gasteiger partial charge is 0.457 e. The number of hydrogen-bond acceptors (Lipinski definition) is 2. The number of rotatable bonds is 4. The highest BCUT2D eigenvalue weighted by Crippen LogP contribution is 2.26. The molecule has 0 fully saturated rings. The highest BCUT2D eigenvalue weighted by atomic mass is 35.5. The maximum atomic E-state index is 6.07. The van der Waals surface area contributed by atoms with Gasteiger partial charge in [-0.2, -0.15) is 0 Å². The molecule has 0 aliphatic heterocycles. The Hall–Kier alpha value is -1.58. The Balaban J connectivity index is 2.19. The molecule has 0 atom stereocenters. The fraction of sp³-hybridized carbons (Fsp3) is 0.133. The van der Waals surface area contributed by atoms with Crippen molar-refractivity contribution in [2.45, 2.75) is 13.3 Å². The minimum Gasteiger partial charge on any atom is -0.457 e. The minimum atomic E-state index is 0.381. The van der Waals surface area contributed by atoms with E-state index in [1.165, 1.54) is 0 Å². The van der Waals surface area contributed by atoms with Crippen LogP contribution >= 0.6 is 23.8 Å². The zero-order valence-electron chi connectivity index (χ0n) is 10.5. The van der Waals surface area contributed by atoms with Crippen LogP contribution < -0.4 is 10.5 Å². The normalized spacial score (nSPS) is 10.2. The van der Waals surface area contributed by atoms with Crippen LogP contribution in [0.1, 0.15) is 18.1 Å². The smallest absolute Gasteiger partial charge is 0.127 e. The van der Waals surface area contributed by atoms with Gasteiger partial charge in [0.15, 0.2) is 0 Å². The molecule has 2 aromatic rings. The van der Waals surface area contributed by atoms with E-state index in [9.17, 15) is 0 Å². The summed E-state index contributed by atoms with van der Waals surface area (Å²) >= 11 is 11.0. The lowest BCUT2D eigenvalue weighted by molar-refractivity contribution is 0.482. The molecule has 0 bridgehead atoms. The highest BCUT2D eigenvalue weighted by Gasteiger charge is 2.03. The van der Waals surface area contributed by atoms with Crippen LogP contribution in [0, 0.1) is 0 Å². The summed E-state index contributed by atoms with van der Waals surface area (Å²) in [7, 11) is 0. The molecule has 0 saturated heterocycles. The van der Waals surface area contributed by atoms with Gasteiger partial charge in [0, 0.05) is 10.6 Å². The summed E-state index contributed by atoms with van der Waals surface area (Å²) in [6, 6.07) is 13.0. The molecule has 0 aliphatic rings. The van der Waals surface area contributed by atoms with Gasteiger partial charge in [0.05, 0.1) is 0 Å². The van der Waals surface area contributed by atoms with Crippen molar-refractivity contribution in [2.75, 3.05) is 0 Å². The first-order chi connectivity index (χ1) is 9.10. The van der Waals surface area contributed by atoms with Gasteiger partial charge in [0.1, 0.15) is 16.5 Å². The molecule has 19 heavy (non-hydrogen) atoms. The number of aryl methyl sites for hydroxylation is 1. The van der Waals surface area contributed by atoms with Crippen LogP contribution in [0.4, 0.5) is 0 Å². The van der Waals surface area contributed by atoms with E-state index in [4.69, 9.17) is 34.3 Å². The molecule has 0 heterocycles. The summed E-state index contributed by atoms with van der Waals surface area (Å²) in [5.74, 6) is 1.51. The second-order valence-corrected chi connectivity index (χ2v) is 4.94. The molecule has 4 heteroatoms. The zero-order valence-corrected chi connectivity index (χ0v) is 12.1. The summed E-state index contributed by atoms with van der Waals surface area (Å²) in [6.45, 7) is 2.06. The van der Waals surface area contributed by atoms with E-state index in [0.29, 0.717) is 4.99 Å². The van der Waals surface area contributed by atoms with E-state index in [0.717, 1.165) is 34.1 Å². The second kappa shape index (κ2) is 6.04. The Morgan fingerprint density at radius 2 is 1.79 bits per heavy atom. The standard InChI is InChI=1S/C15H14ClNOS/c1-2-10-9-13(7-8-14(10)16)18-12-5-3-11(4-6-12)15(17)19/h3-9H,2H2,1H3,(H2,17,19). The van der Waals surface area contributed by atoms with E-state index >= 15 is 0 Å². The second-order valence-electron chi connectivity index (χ2n) is 4.10. The minimum absolute atomic E-state index is 0.381. The van der Waals surface area contributed by atoms with Crippen molar-refractivity contribution in [3.05, 3.63) is 58.6 Å². The molecule has 0 aliphatic carbocycles.